The molecule has 4 heteroatoms. The van der Waals surface area contributed by atoms with Crippen LogP contribution in [0, 0.1) is 0 Å². The van der Waals surface area contributed by atoms with E-state index in [9.17, 15) is 9.59 Å². The lowest BCUT2D eigenvalue weighted by Crippen LogP contribution is -2.07. The maximum absolute atomic E-state index is 11.6. The normalized spacial score (nSPS) is 10.5. The molecule has 0 amide bonds. The molecule has 0 aliphatic carbocycles. The van der Waals surface area contributed by atoms with Crippen LogP contribution in [0.15, 0.2) is 194 Å². The summed E-state index contributed by atoms with van der Waals surface area (Å²) in [7, 11) is 0. The van der Waals surface area contributed by atoms with Gasteiger partial charge in [0.1, 0.15) is 11.5 Å². The fraction of sp³-hybridized carbons (Fsp3) is 0.111. The third-order valence-electron chi connectivity index (χ3n) is 9.87. The quantitative estimate of drug-likeness (QED) is 0.0748. The number of benzene rings is 7. The lowest BCUT2D eigenvalue weighted by Gasteiger charge is -2.08. The smallest absolute Gasteiger partial charge is 0.338 e. The van der Waals surface area contributed by atoms with Gasteiger partial charge in [-0.25, -0.2) is 9.59 Å². The first kappa shape index (κ1) is 40.6. The predicted molar refractivity (Wildman–Crippen MR) is 240 cm³/mol. The van der Waals surface area contributed by atoms with Crippen LogP contribution in [-0.4, -0.2) is 11.9 Å². The van der Waals surface area contributed by atoms with Gasteiger partial charge in [-0.1, -0.05) is 173 Å². The van der Waals surface area contributed by atoms with E-state index in [2.05, 4.69) is 148 Å². The fourth-order valence-electron chi connectivity index (χ4n) is 6.25. The zero-order valence-electron chi connectivity index (χ0n) is 33.6. The van der Waals surface area contributed by atoms with E-state index < -0.39 is 11.9 Å². The average molecular weight is 761 g/mol. The predicted octanol–water partition coefficient (Wildman–Crippen LogP) is 13.8. The van der Waals surface area contributed by atoms with Crippen LogP contribution in [0.1, 0.15) is 38.8 Å². The number of hydrogen-bond donors (Lipinski definition) is 0. The summed E-state index contributed by atoms with van der Waals surface area (Å²) in [5, 5.41) is 0. The second-order valence-electron chi connectivity index (χ2n) is 14.2. The summed E-state index contributed by atoms with van der Waals surface area (Å²) in [5.41, 5.74) is 15.1. The highest BCUT2D eigenvalue weighted by Gasteiger charge is 2.08. The van der Waals surface area contributed by atoms with Crippen molar-refractivity contribution in [3.05, 3.63) is 205 Å². The molecule has 0 spiro atoms. The number of rotatable bonds is 11. The summed E-state index contributed by atoms with van der Waals surface area (Å²) in [6.07, 6.45) is 2.11. The number of carbonyl (C=O) groups is 2. The number of hydrogen-bond acceptors (Lipinski definition) is 4. The Morgan fingerprint density at radius 3 is 0.690 bits per heavy atom. The standard InChI is InChI=1S/C30H26O2.C24H22O2/c1-4-22-5-7-23(8-6-22)24-9-11-25(12-10-24)26-13-15-27(16-14-26)28-17-19-29(20-18-28)32-30(31)21(2)3;1-4-18-5-7-19(8-6-18)20-9-11-21(12-10-20)22-13-15-23(16-14-22)26-24(25)17(2)3/h5-20H,2,4H2,1,3H3;5-16H,2,4H2,1,3H3. The Bertz CT molecular complexity index is 2470. The van der Waals surface area contributed by atoms with Crippen molar-refractivity contribution >= 4 is 11.9 Å². The van der Waals surface area contributed by atoms with Crippen LogP contribution in [0.5, 0.6) is 11.5 Å². The van der Waals surface area contributed by atoms with Crippen LogP contribution in [0.3, 0.4) is 0 Å². The fourth-order valence-corrected chi connectivity index (χ4v) is 6.25. The third-order valence-corrected chi connectivity index (χ3v) is 9.87. The molecule has 0 unspecified atom stereocenters. The minimum atomic E-state index is -0.411. The molecule has 0 saturated carbocycles. The summed E-state index contributed by atoms with van der Waals surface area (Å²) in [5.74, 6) is 0.222. The van der Waals surface area contributed by atoms with Crippen LogP contribution in [0.4, 0.5) is 0 Å². The summed E-state index contributed by atoms with van der Waals surface area (Å²) in [4.78, 5) is 23.2. The van der Waals surface area contributed by atoms with Gasteiger partial charge >= 0.3 is 11.9 Å². The van der Waals surface area contributed by atoms with E-state index >= 15 is 0 Å². The molecular formula is C54H48O4. The molecule has 0 bridgehead atoms. The lowest BCUT2D eigenvalue weighted by atomic mass is 9.97. The van der Waals surface area contributed by atoms with E-state index in [4.69, 9.17) is 9.47 Å². The largest absolute Gasteiger partial charge is 0.423 e. The topological polar surface area (TPSA) is 52.6 Å². The zero-order valence-corrected chi connectivity index (χ0v) is 33.6. The Labute approximate surface area is 342 Å². The minimum Gasteiger partial charge on any atom is -0.423 e. The van der Waals surface area contributed by atoms with Crippen LogP contribution in [0.2, 0.25) is 0 Å². The maximum atomic E-state index is 11.6. The van der Waals surface area contributed by atoms with E-state index in [1.807, 2.05) is 24.3 Å². The molecule has 7 aromatic carbocycles. The number of esters is 2. The molecule has 0 atom stereocenters. The molecule has 0 heterocycles. The first-order valence-corrected chi connectivity index (χ1v) is 19.6. The van der Waals surface area contributed by atoms with Gasteiger partial charge in [0.05, 0.1) is 0 Å². The van der Waals surface area contributed by atoms with Crippen molar-refractivity contribution in [2.45, 2.75) is 40.5 Å². The highest BCUT2D eigenvalue weighted by atomic mass is 16.5. The Morgan fingerprint density at radius 1 is 0.345 bits per heavy atom. The van der Waals surface area contributed by atoms with E-state index in [0.29, 0.717) is 22.6 Å². The van der Waals surface area contributed by atoms with Crippen LogP contribution in [-0.2, 0) is 22.4 Å². The van der Waals surface area contributed by atoms with Gasteiger partial charge in [0.25, 0.3) is 0 Å². The molecule has 0 N–H and O–H groups in total. The molecule has 7 rings (SSSR count). The molecule has 4 nitrogen and oxygen atoms in total. The molecule has 0 aliphatic rings. The average Bonchev–Trinajstić information content (AvgIpc) is 3.27. The van der Waals surface area contributed by atoms with Crippen molar-refractivity contribution in [2.24, 2.45) is 0 Å². The lowest BCUT2D eigenvalue weighted by molar-refractivity contribution is -0.130. The Hall–Kier alpha value is -7.04. The number of ether oxygens (including phenoxy) is 2. The Morgan fingerprint density at radius 2 is 0.517 bits per heavy atom. The van der Waals surface area contributed by atoms with Gasteiger partial charge < -0.3 is 9.47 Å². The van der Waals surface area contributed by atoms with E-state index in [1.54, 1.807) is 38.1 Å². The highest BCUT2D eigenvalue weighted by molar-refractivity contribution is 5.89. The van der Waals surface area contributed by atoms with Gasteiger partial charge in [0.15, 0.2) is 0 Å². The first-order chi connectivity index (χ1) is 28.1. The molecule has 7 aromatic rings. The van der Waals surface area contributed by atoms with Crippen LogP contribution < -0.4 is 9.47 Å². The minimum absolute atomic E-state index is 0.382. The molecular weight excluding hydrogens is 713 g/mol. The highest BCUT2D eigenvalue weighted by Crippen LogP contribution is 2.30. The molecule has 0 radical (unpaired) electrons. The summed E-state index contributed by atoms with van der Waals surface area (Å²) in [6.45, 7) is 14.8. The van der Waals surface area contributed by atoms with Crippen LogP contribution >= 0.6 is 0 Å². The van der Waals surface area contributed by atoms with E-state index in [1.165, 1.54) is 44.5 Å². The molecule has 288 valence electrons. The van der Waals surface area contributed by atoms with Gasteiger partial charge in [-0.05, 0) is 118 Å². The molecule has 0 aromatic heterocycles. The second kappa shape index (κ2) is 19.2. The van der Waals surface area contributed by atoms with Crippen LogP contribution in [0.25, 0.3) is 55.6 Å². The monoisotopic (exact) mass is 760 g/mol. The number of aryl methyl sites for hydroxylation is 2. The molecule has 0 aliphatic heterocycles. The second-order valence-corrected chi connectivity index (χ2v) is 14.2. The SMILES string of the molecule is C=C(C)C(=O)Oc1ccc(-c2ccc(-c3ccc(-c4ccc(CC)cc4)cc3)cc2)cc1.C=C(C)C(=O)Oc1ccc(-c2ccc(-c3ccc(CC)cc3)cc2)cc1. The van der Waals surface area contributed by atoms with Crippen molar-refractivity contribution in [1.29, 1.82) is 0 Å². The van der Waals surface area contributed by atoms with Crippen molar-refractivity contribution in [2.75, 3.05) is 0 Å². The number of carbonyl (C=O) groups excluding carboxylic acids is 2. The third kappa shape index (κ3) is 10.6. The van der Waals surface area contributed by atoms with E-state index in [-0.39, 0.29) is 0 Å². The molecule has 0 saturated heterocycles. The summed E-state index contributed by atoms with van der Waals surface area (Å²) < 4.78 is 10.5. The first-order valence-electron chi connectivity index (χ1n) is 19.6. The van der Waals surface area contributed by atoms with Gasteiger partial charge in [-0.3, -0.25) is 0 Å². The van der Waals surface area contributed by atoms with Gasteiger partial charge in [0, 0.05) is 11.1 Å². The van der Waals surface area contributed by atoms with Gasteiger partial charge in [0.2, 0.25) is 0 Å². The Balaban J connectivity index is 0.000000200. The van der Waals surface area contributed by atoms with Gasteiger partial charge in [-0.15, -0.1) is 0 Å². The van der Waals surface area contributed by atoms with Crippen molar-refractivity contribution < 1.29 is 19.1 Å². The maximum Gasteiger partial charge on any atom is 0.338 e. The summed E-state index contributed by atoms with van der Waals surface area (Å²) >= 11 is 0. The van der Waals surface area contributed by atoms with Crippen molar-refractivity contribution in [3.63, 3.8) is 0 Å². The van der Waals surface area contributed by atoms with Gasteiger partial charge in [-0.2, -0.15) is 0 Å². The Kier molecular flexibility index (Phi) is 13.5. The molecule has 58 heavy (non-hydrogen) atoms. The van der Waals surface area contributed by atoms with E-state index in [0.717, 1.165) is 35.1 Å². The molecule has 0 fully saturated rings. The van der Waals surface area contributed by atoms with Crippen molar-refractivity contribution in [1.82, 2.24) is 0 Å². The van der Waals surface area contributed by atoms with Crippen molar-refractivity contribution in [3.8, 4) is 67.1 Å². The zero-order chi connectivity index (χ0) is 41.0. The summed E-state index contributed by atoms with van der Waals surface area (Å²) in [6, 6.07) is 58.1.